The van der Waals surface area contributed by atoms with E-state index in [4.69, 9.17) is 0 Å². The fraction of sp³-hybridized carbons (Fsp3) is 0.333. The van der Waals surface area contributed by atoms with Crippen LogP contribution in [0.2, 0.25) is 0 Å². The highest BCUT2D eigenvalue weighted by atomic mass is 19.1. The summed E-state index contributed by atoms with van der Waals surface area (Å²) in [6, 6.07) is 14.7. The van der Waals surface area contributed by atoms with E-state index in [0.717, 1.165) is 5.56 Å². The second-order valence-corrected chi connectivity index (χ2v) is 6.67. The van der Waals surface area contributed by atoms with Gasteiger partial charge in [0.2, 0.25) is 5.91 Å². The molecule has 2 N–H and O–H groups in total. The lowest BCUT2D eigenvalue weighted by molar-refractivity contribution is -0.122. The third-order valence-corrected chi connectivity index (χ3v) is 4.77. The summed E-state index contributed by atoms with van der Waals surface area (Å²) in [7, 11) is 0. The molecular weight excluding hydrogens is 359 g/mol. The summed E-state index contributed by atoms with van der Waals surface area (Å²) in [6.45, 7) is 4.77. The molecule has 7 heteroatoms. The maximum absolute atomic E-state index is 13.1. The Labute approximate surface area is 164 Å². The Kier molecular flexibility index (Phi) is 6.60. The average molecular weight is 384 g/mol. The molecule has 0 spiro atoms. The maximum atomic E-state index is 13.1. The summed E-state index contributed by atoms with van der Waals surface area (Å²) in [5.41, 5.74) is 1.43. The number of carbonyl (C=O) groups is 2. The van der Waals surface area contributed by atoms with Gasteiger partial charge in [0.25, 0.3) is 0 Å². The lowest BCUT2D eigenvalue weighted by Crippen LogP contribution is -2.53. The molecule has 0 aliphatic carbocycles. The molecule has 1 fully saturated rings. The average Bonchev–Trinajstić information content (AvgIpc) is 2.71. The normalized spacial score (nSPS) is 15.7. The number of urea groups is 1. The van der Waals surface area contributed by atoms with Crippen molar-refractivity contribution in [1.82, 2.24) is 15.1 Å². The quantitative estimate of drug-likeness (QED) is 0.833. The molecule has 3 rings (SSSR count). The molecule has 1 atom stereocenters. The molecule has 2 aromatic rings. The van der Waals surface area contributed by atoms with Crippen LogP contribution in [0.4, 0.5) is 14.9 Å². The van der Waals surface area contributed by atoms with Gasteiger partial charge in [0.15, 0.2) is 0 Å². The Balaban J connectivity index is 1.74. The van der Waals surface area contributed by atoms with Crippen molar-refractivity contribution in [3.63, 3.8) is 0 Å². The summed E-state index contributed by atoms with van der Waals surface area (Å²) < 4.78 is 13.1. The number of carbonyl (C=O) groups excluding carboxylic acids is 2. The number of hydrogen-bond donors (Lipinski definition) is 2. The van der Waals surface area contributed by atoms with E-state index in [-0.39, 0.29) is 17.8 Å². The van der Waals surface area contributed by atoms with Crippen LogP contribution in [0, 0.1) is 5.82 Å². The molecular formula is C21H25FN4O2. The van der Waals surface area contributed by atoms with E-state index in [1.807, 2.05) is 37.3 Å². The van der Waals surface area contributed by atoms with Crippen LogP contribution >= 0.6 is 0 Å². The summed E-state index contributed by atoms with van der Waals surface area (Å²) >= 11 is 0. The van der Waals surface area contributed by atoms with Gasteiger partial charge >= 0.3 is 6.03 Å². The van der Waals surface area contributed by atoms with Crippen LogP contribution in [0.25, 0.3) is 0 Å². The molecule has 3 amide bonds. The Morgan fingerprint density at radius 2 is 1.64 bits per heavy atom. The molecule has 0 bridgehead atoms. The first kappa shape index (κ1) is 19.8. The Morgan fingerprint density at radius 3 is 2.25 bits per heavy atom. The van der Waals surface area contributed by atoms with Gasteiger partial charge in [-0.05, 0) is 36.8 Å². The topological polar surface area (TPSA) is 64.7 Å². The first-order valence-corrected chi connectivity index (χ1v) is 9.46. The van der Waals surface area contributed by atoms with Crippen molar-refractivity contribution in [2.45, 2.75) is 13.0 Å². The highest BCUT2D eigenvalue weighted by Crippen LogP contribution is 2.24. The van der Waals surface area contributed by atoms with E-state index in [0.29, 0.717) is 38.4 Å². The van der Waals surface area contributed by atoms with Gasteiger partial charge in [-0.3, -0.25) is 9.69 Å². The van der Waals surface area contributed by atoms with Crippen molar-refractivity contribution in [3.8, 4) is 0 Å². The van der Waals surface area contributed by atoms with Crippen LogP contribution in [0.3, 0.4) is 0 Å². The fourth-order valence-corrected chi connectivity index (χ4v) is 3.35. The second kappa shape index (κ2) is 9.32. The minimum Gasteiger partial charge on any atom is -0.338 e. The largest absolute Gasteiger partial charge is 0.338 e. The number of amides is 3. The number of nitrogens with zero attached hydrogens (tertiary/aromatic N) is 2. The predicted octanol–water partition coefficient (Wildman–Crippen LogP) is 2.85. The monoisotopic (exact) mass is 384 g/mol. The second-order valence-electron chi connectivity index (χ2n) is 6.67. The Hall–Kier alpha value is -2.93. The molecule has 0 unspecified atom stereocenters. The Morgan fingerprint density at radius 1 is 1.00 bits per heavy atom. The van der Waals surface area contributed by atoms with E-state index >= 15 is 0 Å². The highest BCUT2D eigenvalue weighted by Gasteiger charge is 2.31. The van der Waals surface area contributed by atoms with Gasteiger partial charge in [-0.1, -0.05) is 30.3 Å². The standard InChI is InChI=1S/C21H25FN4O2/c1-2-23-21(28)26-14-12-25(13-15-26)19(16-6-4-3-5-7-16)20(27)24-18-10-8-17(22)9-11-18/h3-11,19H,2,12-15H2,1H3,(H,23,28)(H,24,27)/t19-/m1/s1. The summed E-state index contributed by atoms with van der Waals surface area (Å²) in [5, 5.41) is 5.69. The minimum atomic E-state index is -0.484. The third-order valence-electron chi connectivity index (χ3n) is 4.77. The molecule has 1 aliphatic heterocycles. The van der Waals surface area contributed by atoms with E-state index in [9.17, 15) is 14.0 Å². The third kappa shape index (κ3) is 4.86. The molecule has 6 nitrogen and oxygen atoms in total. The molecule has 0 aromatic heterocycles. The van der Waals surface area contributed by atoms with Crippen molar-refractivity contribution in [3.05, 3.63) is 66.0 Å². The number of piperazine rings is 1. The van der Waals surface area contributed by atoms with Crippen LogP contribution in [-0.2, 0) is 4.79 Å². The summed E-state index contributed by atoms with van der Waals surface area (Å²) in [6.07, 6.45) is 0. The van der Waals surface area contributed by atoms with Gasteiger partial charge in [-0.2, -0.15) is 0 Å². The van der Waals surface area contributed by atoms with Crippen molar-refractivity contribution in [1.29, 1.82) is 0 Å². The lowest BCUT2D eigenvalue weighted by atomic mass is 10.0. The number of benzene rings is 2. The fourth-order valence-electron chi connectivity index (χ4n) is 3.35. The first-order valence-electron chi connectivity index (χ1n) is 9.46. The van der Waals surface area contributed by atoms with Crippen LogP contribution in [0.1, 0.15) is 18.5 Å². The first-order chi connectivity index (χ1) is 13.6. The molecule has 1 saturated heterocycles. The van der Waals surface area contributed by atoms with E-state index < -0.39 is 6.04 Å². The Bertz CT molecular complexity index is 790. The minimum absolute atomic E-state index is 0.0748. The van der Waals surface area contributed by atoms with Gasteiger partial charge in [0.1, 0.15) is 11.9 Å². The number of halogens is 1. The molecule has 0 saturated carbocycles. The summed E-state index contributed by atoms with van der Waals surface area (Å²) in [5.74, 6) is -0.525. The van der Waals surface area contributed by atoms with Crippen LogP contribution in [0.15, 0.2) is 54.6 Å². The van der Waals surface area contributed by atoms with Crippen molar-refractivity contribution < 1.29 is 14.0 Å². The highest BCUT2D eigenvalue weighted by molar-refractivity contribution is 5.95. The van der Waals surface area contributed by atoms with Crippen LogP contribution < -0.4 is 10.6 Å². The molecule has 148 valence electrons. The van der Waals surface area contributed by atoms with Gasteiger partial charge in [0, 0.05) is 38.4 Å². The number of anilines is 1. The smallest absolute Gasteiger partial charge is 0.317 e. The van der Waals surface area contributed by atoms with Gasteiger partial charge in [0.05, 0.1) is 0 Å². The van der Waals surface area contributed by atoms with E-state index in [2.05, 4.69) is 15.5 Å². The van der Waals surface area contributed by atoms with Gasteiger partial charge in [-0.25, -0.2) is 9.18 Å². The van der Waals surface area contributed by atoms with Gasteiger partial charge < -0.3 is 15.5 Å². The molecule has 0 radical (unpaired) electrons. The van der Waals surface area contributed by atoms with Crippen molar-refractivity contribution in [2.24, 2.45) is 0 Å². The van der Waals surface area contributed by atoms with E-state index in [1.54, 1.807) is 17.0 Å². The number of rotatable bonds is 5. The zero-order chi connectivity index (χ0) is 19.9. The number of nitrogens with one attached hydrogen (secondary N) is 2. The van der Waals surface area contributed by atoms with Gasteiger partial charge in [-0.15, -0.1) is 0 Å². The van der Waals surface area contributed by atoms with E-state index in [1.165, 1.54) is 12.1 Å². The molecule has 28 heavy (non-hydrogen) atoms. The molecule has 1 aliphatic rings. The molecule has 1 heterocycles. The van der Waals surface area contributed by atoms with Crippen LogP contribution in [-0.4, -0.2) is 54.5 Å². The zero-order valence-electron chi connectivity index (χ0n) is 15.9. The molecule has 2 aromatic carbocycles. The maximum Gasteiger partial charge on any atom is 0.317 e. The van der Waals surface area contributed by atoms with Crippen molar-refractivity contribution in [2.75, 3.05) is 38.0 Å². The zero-order valence-corrected chi connectivity index (χ0v) is 15.9. The summed E-state index contributed by atoms with van der Waals surface area (Å²) in [4.78, 5) is 28.9. The van der Waals surface area contributed by atoms with Crippen molar-refractivity contribution >= 4 is 17.6 Å². The SMILES string of the molecule is CCNC(=O)N1CCN([C@@H](C(=O)Nc2ccc(F)cc2)c2ccccc2)CC1. The number of hydrogen-bond acceptors (Lipinski definition) is 3. The predicted molar refractivity (Wildman–Crippen MR) is 106 cm³/mol. The lowest BCUT2D eigenvalue weighted by Gasteiger charge is -2.38. The van der Waals surface area contributed by atoms with Crippen LogP contribution in [0.5, 0.6) is 0 Å².